The van der Waals surface area contributed by atoms with Crippen molar-refractivity contribution in [1.82, 2.24) is 0 Å². The second-order valence-corrected chi connectivity index (χ2v) is 2.87. The van der Waals surface area contributed by atoms with E-state index in [9.17, 15) is 4.79 Å². The number of hydrogen-bond donors (Lipinski definition) is 0. The van der Waals surface area contributed by atoms with E-state index in [2.05, 4.69) is 5.92 Å². The molecule has 0 N–H and O–H groups in total. The molecule has 0 aliphatic heterocycles. The number of hydrogen-bond acceptors (Lipinski definition) is 2. The fourth-order valence-corrected chi connectivity index (χ4v) is 0.987. The highest BCUT2D eigenvalue weighted by atomic mass is 16.5. The van der Waals surface area contributed by atoms with Crippen molar-refractivity contribution in [2.45, 2.75) is 6.42 Å². The van der Waals surface area contributed by atoms with E-state index in [0.717, 1.165) is 5.56 Å². The van der Waals surface area contributed by atoms with E-state index in [-0.39, 0.29) is 12.6 Å². The molecular weight excluding hydrogens is 188 g/mol. The molecule has 1 aromatic rings. The van der Waals surface area contributed by atoms with Crippen LogP contribution < -0.4 is 0 Å². The van der Waals surface area contributed by atoms with E-state index >= 15 is 0 Å². The van der Waals surface area contributed by atoms with Crippen molar-refractivity contribution in [3.05, 3.63) is 42.0 Å². The Labute approximate surface area is 89.6 Å². The van der Waals surface area contributed by atoms with Gasteiger partial charge in [-0.2, -0.15) is 0 Å². The predicted octanol–water partition coefficient (Wildman–Crippen LogP) is 2.27. The van der Waals surface area contributed by atoms with Crippen LogP contribution in [0.4, 0.5) is 0 Å². The Hall–Kier alpha value is -2.01. The van der Waals surface area contributed by atoms with Gasteiger partial charge in [0.1, 0.15) is 6.61 Å². The zero-order valence-electron chi connectivity index (χ0n) is 8.35. The summed E-state index contributed by atoms with van der Waals surface area (Å²) in [6.07, 6.45) is 8.57. The first kappa shape index (κ1) is 11.1. The zero-order chi connectivity index (χ0) is 10.9. The van der Waals surface area contributed by atoms with Crippen molar-refractivity contribution in [2.75, 3.05) is 6.61 Å². The maximum atomic E-state index is 11.1. The van der Waals surface area contributed by atoms with Gasteiger partial charge in [-0.3, -0.25) is 0 Å². The van der Waals surface area contributed by atoms with Crippen LogP contribution in [0.1, 0.15) is 12.0 Å². The second kappa shape index (κ2) is 6.44. The predicted molar refractivity (Wildman–Crippen MR) is 59.9 cm³/mol. The fourth-order valence-electron chi connectivity index (χ4n) is 0.987. The molecule has 0 saturated carbocycles. The average Bonchev–Trinajstić information content (AvgIpc) is 2.28. The Morgan fingerprint density at radius 3 is 2.80 bits per heavy atom. The second-order valence-electron chi connectivity index (χ2n) is 2.87. The van der Waals surface area contributed by atoms with Gasteiger partial charge in [0.05, 0.1) is 0 Å². The molecule has 0 spiro atoms. The van der Waals surface area contributed by atoms with E-state index in [0.29, 0.717) is 6.42 Å². The summed E-state index contributed by atoms with van der Waals surface area (Å²) in [5.41, 5.74) is 0.964. The van der Waals surface area contributed by atoms with Crippen molar-refractivity contribution >= 4 is 12.0 Å². The third-order valence-electron chi connectivity index (χ3n) is 1.70. The van der Waals surface area contributed by atoms with Gasteiger partial charge < -0.3 is 4.74 Å². The summed E-state index contributed by atoms with van der Waals surface area (Å²) >= 11 is 0. The molecule has 1 rings (SSSR count). The summed E-state index contributed by atoms with van der Waals surface area (Å²) in [5.74, 6) is 2.03. The van der Waals surface area contributed by atoms with E-state index < -0.39 is 0 Å². The van der Waals surface area contributed by atoms with Crippen LogP contribution in [0.2, 0.25) is 0 Å². The number of ether oxygens (including phenoxy) is 1. The van der Waals surface area contributed by atoms with Gasteiger partial charge in [0.15, 0.2) is 0 Å². The summed E-state index contributed by atoms with van der Waals surface area (Å²) in [7, 11) is 0. The average molecular weight is 200 g/mol. The lowest BCUT2D eigenvalue weighted by molar-refractivity contribution is -0.137. The maximum absolute atomic E-state index is 11.1. The van der Waals surface area contributed by atoms with Crippen LogP contribution in [-0.2, 0) is 9.53 Å². The van der Waals surface area contributed by atoms with Gasteiger partial charge in [-0.1, -0.05) is 30.3 Å². The summed E-state index contributed by atoms with van der Waals surface area (Å²) < 4.78 is 4.84. The minimum Gasteiger partial charge on any atom is -0.462 e. The van der Waals surface area contributed by atoms with E-state index in [1.807, 2.05) is 30.3 Å². The van der Waals surface area contributed by atoms with Gasteiger partial charge in [0.25, 0.3) is 0 Å². The number of carbonyl (C=O) groups excluding carboxylic acids is 1. The molecule has 2 heteroatoms. The van der Waals surface area contributed by atoms with Gasteiger partial charge in [-0.05, 0) is 11.6 Å². The maximum Gasteiger partial charge on any atom is 0.330 e. The molecule has 0 fully saturated rings. The quantitative estimate of drug-likeness (QED) is 0.322. The van der Waals surface area contributed by atoms with Crippen LogP contribution >= 0.6 is 0 Å². The van der Waals surface area contributed by atoms with E-state index in [1.54, 1.807) is 6.08 Å². The molecule has 0 radical (unpaired) electrons. The number of terminal acetylenes is 1. The van der Waals surface area contributed by atoms with Crippen LogP contribution in [0.15, 0.2) is 36.4 Å². The van der Waals surface area contributed by atoms with Crippen LogP contribution in [-0.4, -0.2) is 12.6 Å². The number of rotatable bonds is 4. The Morgan fingerprint density at radius 1 is 1.40 bits per heavy atom. The summed E-state index contributed by atoms with van der Waals surface area (Å²) in [4.78, 5) is 11.1. The van der Waals surface area contributed by atoms with Crippen LogP contribution in [0, 0.1) is 12.3 Å². The smallest absolute Gasteiger partial charge is 0.330 e. The van der Waals surface area contributed by atoms with Crippen LogP contribution in [0.5, 0.6) is 0 Å². The first-order valence-electron chi connectivity index (χ1n) is 4.66. The van der Waals surface area contributed by atoms with E-state index in [4.69, 9.17) is 11.2 Å². The molecule has 0 saturated heterocycles. The molecule has 0 bridgehead atoms. The highest BCUT2D eigenvalue weighted by Gasteiger charge is 1.94. The Balaban J connectivity index is 2.38. The molecule has 0 aliphatic rings. The fraction of sp³-hybridized carbons (Fsp3) is 0.154. The van der Waals surface area contributed by atoms with Gasteiger partial charge >= 0.3 is 5.97 Å². The van der Waals surface area contributed by atoms with Gasteiger partial charge in [0.2, 0.25) is 0 Å². The third-order valence-corrected chi connectivity index (χ3v) is 1.70. The molecule has 0 aliphatic carbocycles. The van der Waals surface area contributed by atoms with Gasteiger partial charge in [0, 0.05) is 12.5 Å². The Kier molecular flexibility index (Phi) is 4.75. The Bertz CT molecular complexity index is 371. The number of esters is 1. The normalized spacial score (nSPS) is 9.80. The lowest BCUT2D eigenvalue weighted by Crippen LogP contribution is -2.01. The summed E-state index contributed by atoms with van der Waals surface area (Å²) in [6, 6.07) is 9.55. The molecule has 2 nitrogen and oxygen atoms in total. The highest BCUT2D eigenvalue weighted by molar-refractivity contribution is 5.86. The van der Waals surface area contributed by atoms with Crippen molar-refractivity contribution in [1.29, 1.82) is 0 Å². The molecule has 15 heavy (non-hydrogen) atoms. The molecule has 76 valence electrons. The molecule has 0 aromatic heterocycles. The first-order valence-corrected chi connectivity index (χ1v) is 4.66. The zero-order valence-corrected chi connectivity index (χ0v) is 8.35. The van der Waals surface area contributed by atoms with Crippen molar-refractivity contribution in [2.24, 2.45) is 0 Å². The third kappa shape index (κ3) is 4.68. The standard InChI is InChI=1S/C13H12O2/c1-2-3-11-15-13(14)10-9-12-7-5-4-6-8-12/h1,4-10H,3,11H2. The van der Waals surface area contributed by atoms with Crippen molar-refractivity contribution in [3.63, 3.8) is 0 Å². The minimum absolute atomic E-state index is 0.272. The van der Waals surface area contributed by atoms with Gasteiger partial charge in [-0.25, -0.2) is 4.79 Å². The minimum atomic E-state index is -0.367. The van der Waals surface area contributed by atoms with Crippen molar-refractivity contribution in [3.8, 4) is 12.3 Å². The molecule has 1 aromatic carbocycles. The van der Waals surface area contributed by atoms with E-state index in [1.165, 1.54) is 6.08 Å². The number of carbonyl (C=O) groups is 1. The molecule has 0 atom stereocenters. The van der Waals surface area contributed by atoms with Crippen LogP contribution in [0.25, 0.3) is 6.08 Å². The first-order chi connectivity index (χ1) is 7.33. The lowest BCUT2D eigenvalue weighted by Gasteiger charge is -1.96. The van der Waals surface area contributed by atoms with Crippen molar-refractivity contribution < 1.29 is 9.53 Å². The summed E-state index contributed by atoms with van der Waals surface area (Å²) in [5, 5.41) is 0. The summed E-state index contributed by atoms with van der Waals surface area (Å²) in [6.45, 7) is 0.272. The Morgan fingerprint density at radius 2 is 2.13 bits per heavy atom. The molecular formula is C13H12O2. The number of benzene rings is 1. The topological polar surface area (TPSA) is 26.3 Å². The van der Waals surface area contributed by atoms with Gasteiger partial charge in [-0.15, -0.1) is 12.3 Å². The van der Waals surface area contributed by atoms with Crippen LogP contribution in [0.3, 0.4) is 0 Å². The monoisotopic (exact) mass is 200 g/mol. The molecule has 0 amide bonds. The largest absolute Gasteiger partial charge is 0.462 e. The SMILES string of the molecule is C#CCCOC(=O)C=Cc1ccccc1. The molecule has 0 unspecified atom stereocenters. The highest BCUT2D eigenvalue weighted by Crippen LogP contribution is 2.00. The lowest BCUT2D eigenvalue weighted by atomic mass is 10.2. The molecule has 0 heterocycles.